The van der Waals surface area contributed by atoms with Crippen molar-refractivity contribution in [3.63, 3.8) is 0 Å². The number of aryl methyl sites for hydroxylation is 2. The first-order valence-electron chi connectivity index (χ1n) is 44.6. The number of carbonyl (C=O) groups is 14. The summed E-state index contributed by atoms with van der Waals surface area (Å²) < 4.78 is 0. The number of aromatic nitrogens is 1. The average molecular weight is 1820 g/mol. The van der Waals surface area contributed by atoms with Crippen LogP contribution in [0.15, 0.2) is 72.9 Å². The molecule has 4 aromatic rings. The quantitative estimate of drug-likeness (QED) is 0.0132. The molecule has 0 unspecified atom stereocenters. The average Bonchev–Trinajstić information content (AvgIpc) is 1.64. The van der Waals surface area contributed by atoms with Crippen molar-refractivity contribution in [2.75, 3.05) is 52.4 Å². The van der Waals surface area contributed by atoms with E-state index >= 15 is 19.2 Å². The Hall–Kier alpha value is -12.7. The summed E-state index contributed by atoms with van der Waals surface area (Å²) in [7, 11) is 0. The number of aliphatic carboxylic acids is 1. The van der Waals surface area contributed by atoms with Gasteiger partial charge in [0.25, 0.3) is 0 Å². The Bertz CT molecular complexity index is 4450. The summed E-state index contributed by atoms with van der Waals surface area (Å²) in [4.78, 5) is 205. The van der Waals surface area contributed by atoms with Crippen LogP contribution in [-0.4, -0.2) is 246 Å². The standard InChI is InChI=1S/C88H140N26O16/c1-9-51(6)73(83(127)109-65(29-19-39-100-88(96)97)84(128)114-40-20-30-70(114)82(126)108-62(26-13-15-36-90)76(120)110-66(41-49(2)3)79(123)106-61(25-12-14-35-89)77(121)112-69(85(129)130)44-55-46-101-60-24-11-10-23-57(55)60)113-78(122)64(28-18-38-99-87(94)95)105-75(119)63(27-17-37-98-86(92)93)107-80(124)67(42-50(4)5)111-81(125)68(45-58-52(7)21-16-22-53(58)8)104-72(117)48-102-71(116)47-103-74(118)59(91)43-54-31-33-56(115)34-32-54/h10-11,16,21-24,31-34,46,49-51,59,61-70,73,101,115H,9,12-15,17-20,25-30,35-45,47-48,89-91H2,1-8H3,(H,102,116)(H,103,118)(H,104,117)(H,105,119)(H,106,123)(H,107,124)(H,108,126)(H,109,127)(H,110,120)(H,111,125)(H,112,121)(H,113,122)(H,129,130)(H4,92,93,98)(H4,94,95,99)(H4,96,97,100)/t51-,59-,61-,62-,63-,64-,65-,66-,67-,68-,69-,70-,73-/m0/s1. The van der Waals surface area contributed by atoms with E-state index in [4.69, 9.17) is 50.6 Å². The number of fused-ring (bicyclic) bond motifs is 1. The second-order valence-corrected chi connectivity index (χ2v) is 33.9. The molecule has 0 saturated carbocycles. The summed E-state index contributed by atoms with van der Waals surface area (Å²) in [5, 5.41) is 84.6. The van der Waals surface area contributed by atoms with Crippen LogP contribution in [0, 0.1) is 47.8 Å². The third kappa shape index (κ3) is 37.5. The molecule has 42 heteroatoms. The normalized spacial score (nSPS) is 15.1. The molecule has 33 N–H and O–H groups in total. The maximum absolute atomic E-state index is 15.3. The number of unbranched alkanes of at least 4 members (excludes halogenated alkanes) is 2. The van der Waals surface area contributed by atoms with Crippen molar-refractivity contribution in [3.05, 3.63) is 101 Å². The lowest BCUT2D eigenvalue weighted by atomic mass is 9.95. The number of nitrogens with two attached hydrogens (primary N) is 6. The number of para-hydroxylation sites is 1. The van der Waals surface area contributed by atoms with Gasteiger partial charge in [-0.1, -0.05) is 96.5 Å². The predicted octanol–water partition coefficient (Wildman–Crippen LogP) is -1.81. The number of likely N-dealkylation sites (tertiary alicyclic amines) is 1. The largest absolute Gasteiger partial charge is 0.508 e. The van der Waals surface area contributed by atoms with Crippen LogP contribution in [0.2, 0.25) is 0 Å². The van der Waals surface area contributed by atoms with E-state index in [-0.39, 0.29) is 159 Å². The highest BCUT2D eigenvalue weighted by atomic mass is 16.4. The Kier molecular flexibility index (Phi) is 46.3. The van der Waals surface area contributed by atoms with Crippen LogP contribution in [0.25, 0.3) is 10.9 Å². The van der Waals surface area contributed by atoms with Crippen molar-refractivity contribution in [2.24, 2.45) is 52.2 Å². The number of nitrogens with one attached hydrogen (secondary N) is 19. The minimum atomic E-state index is -1.51. The molecular formula is C88H140N26O16. The van der Waals surface area contributed by atoms with Gasteiger partial charge in [0.15, 0.2) is 17.9 Å². The van der Waals surface area contributed by atoms with E-state index in [1.165, 1.54) is 17.0 Å². The number of amides is 13. The number of hydrogen-bond donors (Lipinski definition) is 27. The minimum absolute atomic E-state index is 0.00638. The second-order valence-electron chi connectivity index (χ2n) is 33.9. The summed E-state index contributed by atoms with van der Waals surface area (Å²) in [5.74, 6) is -14.1. The lowest BCUT2D eigenvalue weighted by Crippen LogP contribution is -2.61. The van der Waals surface area contributed by atoms with Crippen LogP contribution in [0.4, 0.5) is 0 Å². The molecule has 0 spiro atoms. The first-order valence-corrected chi connectivity index (χ1v) is 44.6. The summed E-state index contributed by atoms with van der Waals surface area (Å²) in [6.45, 7) is 13.6. The van der Waals surface area contributed by atoms with Gasteiger partial charge in [-0.3, -0.25) is 78.6 Å². The molecule has 1 saturated heterocycles. The Morgan fingerprint density at radius 2 is 0.923 bits per heavy atom. The van der Waals surface area contributed by atoms with Crippen LogP contribution >= 0.6 is 0 Å². The molecule has 1 fully saturated rings. The van der Waals surface area contributed by atoms with Crippen molar-refractivity contribution in [1.82, 2.24) is 89.6 Å². The van der Waals surface area contributed by atoms with Crippen molar-refractivity contribution in [2.45, 2.75) is 256 Å². The maximum atomic E-state index is 15.3. The number of aromatic hydroxyl groups is 1. The van der Waals surface area contributed by atoms with Gasteiger partial charge < -0.3 is 134 Å². The van der Waals surface area contributed by atoms with E-state index in [2.05, 4.69) is 84.7 Å². The highest BCUT2D eigenvalue weighted by Crippen LogP contribution is 2.25. The van der Waals surface area contributed by atoms with Gasteiger partial charge in [0.2, 0.25) is 76.8 Å². The fraction of sp³-hybridized carbons (Fsp3) is 0.580. The van der Waals surface area contributed by atoms with Crippen molar-refractivity contribution in [1.29, 1.82) is 16.2 Å². The zero-order chi connectivity index (χ0) is 96.3. The van der Waals surface area contributed by atoms with Crippen LogP contribution in [-0.2, 0) is 86.4 Å². The van der Waals surface area contributed by atoms with E-state index in [0.717, 1.165) is 22.0 Å². The van der Waals surface area contributed by atoms with Crippen LogP contribution < -0.4 is 114 Å². The van der Waals surface area contributed by atoms with E-state index in [1.807, 2.05) is 64.1 Å². The SMILES string of the molecule is CC[C@H](C)[C@H](NC(=O)[C@H](CCCNC(=N)N)NC(=O)[C@H](CCCNC(=N)N)NC(=O)[C@H](CC(C)C)NC(=O)[C@H](Cc1c(C)cccc1C)NC(=O)CNC(=O)CNC(=O)[C@@H](N)Cc1ccc(O)cc1)C(=O)N[C@@H](CCCNC(=N)N)C(=O)N1CCC[C@H]1C(=O)N[C@@H](CCCCN)C(=O)N[C@@H](CC(C)C)C(=O)N[C@@H](CCCCN)C(=O)N[C@@H](Cc1c[nH]c2ccccc12)C(=O)O. The predicted molar refractivity (Wildman–Crippen MR) is 491 cm³/mol. The lowest BCUT2D eigenvalue weighted by molar-refractivity contribution is -0.143. The van der Waals surface area contributed by atoms with Crippen molar-refractivity contribution >= 4 is 112 Å². The van der Waals surface area contributed by atoms with Gasteiger partial charge in [-0.25, -0.2) is 4.79 Å². The molecule has 3 aromatic carbocycles. The topological polar surface area (TPSA) is 707 Å². The molecule has 5 rings (SSSR count). The van der Waals surface area contributed by atoms with Gasteiger partial charge in [0.05, 0.1) is 19.1 Å². The lowest BCUT2D eigenvalue weighted by Gasteiger charge is -2.32. The summed E-state index contributed by atoms with van der Waals surface area (Å²) >= 11 is 0. The Labute approximate surface area is 758 Å². The number of carboxylic acids is 1. The summed E-state index contributed by atoms with van der Waals surface area (Å²) in [6.07, 6.45) is 3.74. The monoisotopic (exact) mass is 1820 g/mol. The van der Waals surface area contributed by atoms with Crippen molar-refractivity contribution in [3.8, 4) is 5.75 Å². The molecule has 1 aromatic heterocycles. The molecule has 2 heterocycles. The van der Waals surface area contributed by atoms with Gasteiger partial charge >= 0.3 is 5.97 Å². The molecule has 1 aliphatic heterocycles. The summed E-state index contributed by atoms with van der Waals surface area (Å²) in [5.41, 5.74) is 39.0. The third-order valence-electron chi connectivity index (χ3n) is 22.3. The van der Waals surface area contributed by atoms with Crippen LogP contribution in [0.3, 0.4) is 0 Å². The number of carbonyl (C=O) groups excluding carboxylic acids is 13. The Morgan fingerprint density at radius 1 is 0.477 bits per heavy atom. The van der Waals surface area contributed by atoms with Crippen LogP contribution in [0.1, 0.15) is 179 Å². The first-order chi connectivity index (χ1) is 61.7. The van der Waals surface area contributed by atoms with Gasteiger partial charge in [-0.2, -0.15) is 0 Å². The molecule has 0 radical (unpaired) electrons. The zero-order valence-corrected chi connectivity index (χ0v) is 75.9. The number of carboxylic acid groups (broad SMARTS) is 1. The third-order valence-corrected chi connectivity index (χ3v) is 22.3. The Morgan fingerprint density at radius 3 is 1.42 bits per heavy atom. The summed E-state index contributed by atoms with van der Waals surface area (Å²) in [6, 6.07) is 2.58. The van der Waals surface area contributed by atoms with Gasteiger partial charge in [-0.15, -0.1) is 0 Å². The van der Waals surface area contributed by atoms with Gasteiger partial charge in [-0.05, 0) is 200 Å². The number of phenolic OH excluding ortho intramolecular Hbond substituents is 1. The van der Waals surface area contributed by atoms with Crippen molar-refractivity contribution < 1.29 is 77.3 Å². The fourth-order valence-corrected chi connectivity index (χ4v) is 15.0. The molecule has 0 bridgehead atoms. The number of rotatable bonds is 58. The molecule has 0 aliphatic carbocycles. The first kappa shape index (κ1) is 108. The number of guanidine groups is 3. The molecular weight excluding hydrogens is 1680 g/mol. The van der Waals surface area contributed by atoms with E-state index in [0.29, 0.717) is 48.8 Å². The number of H-pyrrole nitrogens is 1. The van der Waals surface area contributed by atoms with Crippen LogP contribution in [0.5, 0.6) is 5.75 Å². The fourth-order valence-electron chi connectivity index (χ4n) is 15.0. The number of benzene rings is 3. The number of nitrogens with zero attached hydrogens (tertiary/aromatic N) is 1. The van der Waals surface area contributed by atoms with E-state index in [9.17, 15) is 58.2 Å². The molecule has 130 heavy (non-hydrogen) atoms. The molecule has 13 atom stereocenters. The number of hydrogen-bond acceptors (Lipinski definition) is 21. The molecule has 13 amide bonds. The second kappa shape index (κ2) is 55.9. The van der Waals surface area contributed by atoms with Gasteiger partial charge in [0.1, 0.15) is 72.2 Å². The zero-order valence-electron chi connectivity index (χ0n) is 75.9. The maximum Gasteiger partial charge on any atom is 0.326 e. The Balaban J connectivity index is 1.38. The van der Waals surface area contributed by atoms with E-state index in [1.54, 1.807) is 52.1 Å². The number of phenols is 1. The molecule has 42 nitrogen and oxygen atoms in total. The molecule has 718 valence electrons. The molecule has 1 aliphatic rings. The van der Waals surface area contributed by atoms with Gasteiger partial charge in [0, 0.05) is 56.1 Å². The number of aromatic amines is 1. The highest BCUT2D eigenvalue weighted by molar-refractivity contribution is 6.00. The highest BCUT2D eigenvalue weighted by Gasteiger charge is 2.42. The van der Waals surface area contributed by atoms with E-state index < -0.39 is 186 Å². The smallest absolute Gasteiger partial charge is 0.326 e. The minimum Gasteiger partial charge on any atom is -0.508 e.